The first-order chi connectivity index (χ1) is 15.1. The number of hydrogen-bond donors (Lipinski definition) is 1. The number of amides is 1. The maximum atomic E-state index is 12.9. The van der Waals surface area contributed by atoms with Crippen molar-refractivity contribution in [1.29, 1.82) is 0 Å². The molecule has 0 saturated carbocycles. The summed E-state index contributed by atoms with van der Waals surface area (Å²) in [6.07, 6.45) is 1.95. The second kappa shape index (κ2) is 8.09. The summed E-state index contributed by atoms with van der Waals surface area (Å²) < 4.78 is 12.5. The van der Waals surface area contributed by atoms with Crippen molar-refractivity contribution < 1.29 is 14.3 Å². The van der Waals surface area contributed by atoms with Gasteiger partial charge in [0, 0.05) is 21.9 Å². The Morgan fingerprint density at radius 2 is 2.00 bits per heavy atom. The Balaban J connectivity index is 1.44. The third-order valence-electron chi connectivity index (χ3n) is 4.77. The fourth-order valence-corrected chi connectivity index (χ4v) is 4.69. The highest BCUT2D eigenvalue weighted by Gasteiger charge is 2.18. The van der Waals surface area contributed by atoms with Crippen molar-refractivity contribution in [2.45, 2.75) is 11.8 Å². The van der Waals surface area contributed by atoms with Crippen LogP contribution in [-0.4, -0.2) is 33.7 Å². The SMILES string of the molecule is CSc1ccccc1C(=O)Nc1cc(C)nn1-c1nc(-c2ccc3c(c2)OCO3)cs1. The molecule has 0 unspecified atom stereocenters. The van der Waals surface area contributed by atoms with Gasteiger partial charge < -0.3 is 14.8 Å². The molecule has 2 aromatic carbocycles. The fraction of sp³-hybridized carbons (Fsp3) is 0.136. The van der Waals surface area contributed by atoms with Crippen LogP contribution in [0.25, 0.3) is 16.4 Å². The van der Waals surface area contributed by atoms with Crippen LogP contribution in [0, 0.1) is 6.92 Å². The Hall–Kier alpha value is -3.30. The van der Waals surface area contributed by atoms with Gasteiger partial charge in [0.1, 0.15) is 5.82 Å². The summed E-state index contributed by atoms with van der Waals surface area (Å²) in [5, 5.41) is 10.1. The normalized spacial score (nSPS) is 12.2. The van der Waals surface area contributed by atoms with Gasteiger partial charge in [-0.3, -0.25) is 4.79 Å². The Morgan fingerprint density at radius 3 is 2.87 bits per heavy atom. The van der Waals surface area contributed by atoms with E-state index in [2.05, 4.69) is 10.4 Å². The number of thiazole rings is 1. The quantitative estimate of drug-likeness (QED) is 0.431. The summed E-state index contributed by atoms with van der Waals surface area (Å²) >= 11 is 2.99. The molecular formula is C22H18N4O3S2. The Labute approximate surface area is 187 Å². The summed E-state index contributed by atoms with van der Waals surface area (Å²) in [4.78, 5) is 18.6. The molecule has 0 radical (unpaired) electrons. The van der Waals surface area contributed by atoms with Crippen LogP contribution in [0.1, 0.15) is 16.1 Å². The molecule has 0 bridgehead atoms. The van der Waals surface area contributed by atoms with Crippen molar-refractivity contribution in [2.24, 2.45) is 0 Å². The molecule has 0 fully saturated rings. The van der Waals surface area contributed by atoms with Gasteiger partial charge in [-0.25, -0.2) is 4.98 Å². The first-order valence-electron chi connectivity index (χ1n) is 9.49. The van der Waals surface area contributed by atoms with Crippen LogP contribution in [0.2, 0.25) is 0 Å². The number of carbonyl (C=O) groups is 1. The lowest BCUT2D eigenvalue weighted by atomic mass is 10.1. The number of benzene rings is 2. The number of thioether (sulfide) groups is 1. The maximum Gasteiger partial charge on any atom is 0.257 e. The predicted molar refractivity (Wildman–Crippen MR) is 122 cm³/mol. The first kappa shape index (κ1) is 19.7. The van der Waals surface area contributed by atoms with E-state index < -0.39 is 0 Å². The molecule has 31 heavy (non-hydrogen) atoms. The fourth-order valence-electron chi connectivity index (χ4n) is 3.30. The number of hydrogen-bond acceptors (Lipinski definition) is 7. The van der Waals surface area contributed by atoms with E-state index in [1.54, 1.807) is 4.68 Å². The number of ether oxygens (including phenoxy) is 2. The van der Waals surface area contributed by atoms with E-state index in [9.17, 15) is 4.79 Å². The van der Waals surface area contributed by atoms with E-state index in [4.69, 9.17) is 14.5 Å². The van der Waals surface area contributed by atoms with Gasteiger partial charge in [-0.05, 0) is 43.5 Å². The Bertz CT molecular complexity index is 1280. The predicted octanol–water partition coefficient (Wildman–Crippen LogP) is 5.01. The van der Waals surface area contributed by atoms with Crippen molar-refractivity contribution in [3.8, 4) is 27.9 Å². The van der Waals surface area contributed by atoms with Gasteiger partial charge in [-0.2, -0.15) is 9.78 Å². The molecule has 9 heteroatoms. The number of nitrogens with zero attached hydrogens (tertiary/aromatic N) is 3. The van der Waals surface area contributed by atoms with Crippen molar-refractivity contribution in [1.82, 2.24) is 14.8 Å². The number of nitrogens with one attached hydrogen (secondary N) is 1. The highest BCUT2D eigenvalue weighted by Crippen LogP contribution is 2.36. The van der Waals surface area contributed by atoms with Crippen molar-refractivity contribution in [3.05, 3.63) is 65.2 Å². The van der Waals surface area contributed by atoms with E-state index in [-0.39, 0.29) is 12.7 Å². The molecule has 1 N–H and O–H groups in total. The monoisotopic (exact) mass is 450 g/mol. The lowest BCUT2D eigenvalue weighted by molar-refractivity contribution is 0.102. The zero-order valence-electron chi connectivity index (χ0n) is 16.8. The van der Waals surface area contributed by atoms with Crippen LogP contribution in [0.3, 0.4) is 0 Å². The van der Waals surface area contributed by atoms with Gasteiger partial charge in [-0.1, -0.05) is 12.1 Å². The van der Waals surface area contributed by atoms with Crippen LogP contribution in [0.5, 0.6) is 11.5 Å². The van der Waals surface area contributed by atoms with E-state index >= 15 is 0 Å². The number of aromatic nitrogens is 3. The summed E-state index contributed by atoms with van der Waals surface area (Å²) in [7, 11) is 0. The molecule has 1 aliphatic rings. The number of rotatable bonds is 5. The Kier molecular flexibility index (Phi) is 5.13. The standard InChI is InChI=1S/C22H18N4O3S2/c1-13-9-20(24-21(27)15-5-3-4-6-19(15)30-2)26(25-13)22-23-16(11-31-22)14-7-8-17-18(10-14)29-12-28-17/h3-11H,12H2,1-2H3,(H,24,27). The summed E-state index contributed by atoms with van der Waals surface area (Å²) in [5.74, 6) is 1.84. The molecule has 5 rings (SSSR count). The van der Waals surface area contributed by atoms with Crippen LogP contribution < -0.4 is 14.8 Å². The van der Waals surface area contributed by atoms with Gasteiger partial charge >= 0.3 is 0 Å². The van der Waals surface area contributed by atoms with E-state index in [1.165, 1.54) is 23.1 Å². The topological polar surface area (TPSA) is 78.3 Å². The minimum atomic E-state index is -0.182. The highest BCUT2D eigenvalue weighted by molar-refractivity contribution is 7.98. The summed E-state index contributed by atoms with van der Waals surface area (Å²) in [6.45, 7) is 2.12. The van der Waals surface area contributed by atoms with Gasteiger partial charge in [0.15, 0.2) is 11.5 Å². The first-order valence-corrected chi connectivity index (χ1v) is 11.6. The third-order valence-corrected chi connectivity index (χ3v) is 6.38. The van der Waals surface area contributed by atoms with Crippen molar-refractivity contribution in [2.75, 3.05) is 18.4 Å². The van der Waals surface area contributed by atoms with E-state index in [0.29, 0.717) is 22.3 Å². The van der Waals surface area contributed by atoms with Crippen LogP contribution in [0.4, 0.5) is 5.82 Å². The largest absolute Gasteiger partial charge is 0.454 e. The van der Waals surface area contributed by atoms with Gasteiger partial charge in [-0.15, -0.1) is 23.1 Å². The molecule has 0 atom stereocenters. The van der Waals surface area contributed by atoms with Gasteiger partial charge in [0.05, 0.1) is 17.0 Å². The van der Waals surface area contributed by atoms with Gasteiger partial charge in [0.25, 0.3) is 5.91 Å². The number of carbonyl (C=O) groups excluding carboxylic acids is 1. The minimum absolute atomic E-state index is 0.182. The van der Waals surface area contributed by atoms with Gasteiger partial charge in [0.2, 0.25) is 11.9 Å². The second-order valence-corrected chi connectivity index (χ2v) is 8.51. The highest BCUT2D eigenvalue weighted by atomic mass is 32.2. The third kappa shape index (κ3) is 3.77. The van der Waals surface area contributed by atoms with E-state index in [0.717, 1.165) is 27.6 Å². The zero-order chi connectivity index (χ0) is 21.4. The molecule has 2 aromatic heterocycles. The summed E-state index contributed by atoms with van der Waals surface area (Å²) in [6, 6.07) is 15.1. The molecule has 3 heterocycles. The molecular weight excluding hydrogens is 432 g/mol. The molecule has 0 saturated heterocycles. The average Bonchev–Trinajstić information content (AvgIpc) is 3.52. The van der Waals surface area contributed by atoms with Crippen LogP contribution in [0.15, 0.2) is 58.8 Å². The lowest BCUT2D eigenvalue weighted by Crippen LogP contribution is -2.15. The second-order valence-electron chi connectivity index (χ2n) is 6.82. The number of aryl methyl sites for hydroxylation is 1. The molecule has 4 aromatic rings. The molecule has 7 nitrogen and oxygen atoms in total. The Morgan fingerprint density at radius 1 is 1.16 bits per heavy atom. The maximum absolute atomic E-state index is 12.9. The van der Waals surface area contributed by atoms with E-state index in [1.807, 2.05) is 67.1 Å². The smallest absolute Gasteiger partial charge is 0.257 e. The van der Waals surface area contributed by atoms with Crippen molar-refractivity contribution in [3.63, 3.8) is 0 Å². The molecule has 1 aliphatic heterocycles. The molecule has 0 aliphatic carbocycles. The lowest BCUT2D eigenvalue weighted by Gasteiger charge is -2.09. The average molecular weight is 451 g/mol. The van der Waals surface area contributed by atoms with Crippen LogP contribution >= 0.6 is 23.1 Å². The molecule has 1 amide bonds. The summed E-state index contributed by atoms with van der Waals surface area (Å²) in [5.41, 5.74) is 3.14. The number of fused-ring (bicyclic) bond motifs is 1. The minimum Gasteiger partial charge on any atom is -0.454 e. The molecule has 156 valence electrons. The number of anilines is 1. The van der Waals surface area contributed by atoms with Crippen molar-refractivity contribution >= 4 is 34.8 Å². The van der Waals surface area contributed by atoms with Crippen LogP contribution in [-0.2, 0) is 0 Å². The molecule has 0 spiro atoms. The zero-order valence-corrected chi connectivity index (χ0v) is 18.4.